The van der Waals surface area contributed by atoms with Gasteiger partial charge in [0.05, 0.1) is 6.07 Å². The Morgan fingerprint density at radius 3 is 2.47 bits per heavy atom. The molecule has 0 saturated carbocycles. The minimum atomic E-state index is -1.71. The summed E-state index contributed by atoms with van der Waals surface area (Å²) >= 11 is 0. The van der Waals surface area contributed by atoms with Gasteiger partial charge in [0.2, 0.25) is 8.32 Å². The third kappa shape index (κ3) is 3.39. The van der Waals surface area contributed by atoms with Crippen LogP contribution < -0.4 is 4.43 Å². The third-order valence-corrected chi connectivity index (χ3v) is 2.58. The van der Waals surface area contributed by atoms with Crippen LogP contribution >= 0.6 is 0 Å². The average molecular weight is 221 g/mol. The zero-order valence-electron chi connectivity index (χ0n) is 9.19. The molecule has 0 aromatic heterocycles. The van der Waals surface area contributed by atoms with E-state index in [4.69, 9.17) is 9.69 Å². The monoisotopic (exact) mass is 221 g/mol. The van der Waals surface area contributed by atoms with Gasteiger partial charge < -0.3 is 9.53 Å². The molecule has 0 aliphatic carbocycles. The van der Waals surface area contributed by atoms with Gasteiger partial charge in [-0.2, -0.15) is 5.26 Å². The van der Waals surface area contributed by atoms with Crippen LogP contribution in [0.2, 0.25) is 19.6 Å². The Kier molecular flexibility index (Phi) is 3.51. The van der Waals surface area contributed by atoms with E-state index >= 15 is 0 Å². The van der Waals surface area contributed by atoms with Gasteiger partial charge in [-0.1, -0.05) is 18.2 Å². The van der Waals surface area contributed by atoms with Crippen LogP contribution in [-0.4, -0.2) is 13.4 Å². The van der Waals surface area contributed by atoms with E-state index in [1.807, 2.05) is 6.07 Å². The third-order valence-electron chi connectivity index (χ3n) is 1.75. The SMILES string of the molecule is C[Si](C)(C)Oc1ccccc1C(O)C#N. The molecule has 0 amide bonds. The molecule has 80 valence electrons. The molecule has 1 unspecified atom stereocenters. The van der Waals surface area contributed by atoms with E-state index in [1.54, 1.807) is 24.3 Å². The normalized spacial score (nSPS) is 13.0. The second-order valence-electron chi connectivity index (χ2n) is 4.28. The molecule has 0 aliphatic heterocycles. The van der Waals surface area contributed by atoms with Crippen LogP contribution in [0.25, 0.3) is 0 Å². The Hall–Kier alpha value is -1.31. The van der Waals surface area contributed by atoms with Gasteiger partial charge in [-0.15, -0.1) is 0 Å². The second kappa shape index (κ2) is 4.47. The molecule has 0 fully saturated rings. The number of rotatable bonds is 3. The zero-order chi connectivity index (χ0) is 11.5. The van der Waals surface area contributed by atoms with E-state index in [0.717, 1.165) is 0 Å². The van der Waals surface area contributed by atoms with E-state index in [-0.39, 0.29) is 0 Å². The van der Waals surface area contributed by atoms with Crippen molar-refractivity contribution in [2.24, 2.45) is 0 Å². The Labute approximate surface area is 91.1 Å². The van der Waals surface area contributed by atoms with Crippen molar-refractivity contribution in [2.75, 3.05) is 0 Å². The van der Waals surface area contributed by atoms with Crippen LogP contribution in [0, 0.1) is 11.3 Å². The van der Waals surface area contributed by atoms with Gasteiger partial charge in [-0.05, 0) is 25.7 Å². The summed E-state index contributed by atoms with van der Waals surface area (Å²) in [5.41, 5.74) is 0.544. The minimum Gasteiger partial charge on any atom is -0.544 e. The van der Waals surface area contributed by atoms with Crippen molar-refractivity contribution in [3.63, 3.8) is 0 Å². The highest BCUT2D eigenvalue weighted by molar-refractivity contribution is 6.70. The van der Waals surface area contributed by atoms with Gasteiger partial charge in [0.25, 0.3) is 0 Å². The first kappa shape index (κ1) is 11.8. The molecule has 1 N–H and O–H groups in total. The molecule has 0 spiro atoms. The van der Waals surface area contributed by atoms with Crippen LogP contribution in [0.15, 0.2) is 24.3 Å². The van der Waals surface area contributed by atoms with Crippen LogP contribution in [0.3, 0.4) is 0 Å². The highest BCUT2D eigenvalue weighted by Gasteiger charge is 2.20. The number of aliphatic hydroxyl groups is 1. The summed E-state index contributed by atoms with van der Waals surface area (Å²) in [5, 5.41) is 18.1. The van der Waals surface area contributed by atoms with Crippen molar-refractivity contribution < 1.29 is 9.53 Å². The molecular formula is C11H15NO2Si. The molecule has 0 bridgehead atoms. The molecule has 0 saturated heterocycles. The first-order valence-corrected chi connectivity index (χ1v) is 8.20. The van der Waals surface area contributed by atoms with E-state index in [1.165, 1.54) is 0 Å². The van der Waals surface area contributed by atoms with Crippen molar-refractivity contribution in [1.29, 1.82) is 5.26 Å². The Morgan fingerprint density at radius 1 is 1.33 bits per heavy atom. The summed E-state index contributed by atoms with van der Waals surface area (Å²) in [7, 11) is -1.71. The molecule has 1 aromatic rings. The van der Waals surface area contributed by atoms with Crippen LogP contribution in [0.5, 0.6) is 5.75 Å². The number of para-hydroxylation sites is 1. The number of hydrogen-bond acceptors (Lipinski definition) is 3. The molecule has 0 radical (unpaired) electrons. The van der Waals surface area contributed by atoms with Gasteiger partial charge >= 0.3 is 0 Å². The predicted octanol–water partition coefficient (Wildman–Crippen LogP) is 2.46. The molecule has 4 heteroatoms. The standard InChI is InChI=1S/C11H15NO2Si/c1-15(2,3)14-11-7-5-4-6-9(11)10(13)8-12/h4-7,10,13H,1-3H3. The molecule has 3 nitrogen and oxygen atoms in total. The number of aliphatic hydroxyl groups excluding tert-OH is 1. The van der Waals surface area contributed by atoms with E-state index < -0.39 is 14.4 Å². The summed E-state index contributed by atoms with van der Waals surface area (Å²) < 4.78 is 5.78. The van der Waals surface area contributed by atoms with Crippen molar-refractivity contribution in [1.82, 2.24) is 0 Å². The van der Waals surface area contributed by atoms with Crippen molar-refractivity contribution >= 4 is 8.32 Å². The summed E-state index contributed by atoms with van der Waals surface area (Å²) in [6, 6.07) is 8.92. The topological polar surface area (TPSA) is 53.2 Å². The van der Waals surface area contributed by atoms with Gasteiger partial charge in [0.15, 0.2) is 6.10 Å². The minimum absolute atomic E-state index is 0.544. The van der Waals surface area contributed by atoms with Crippen molar-refractivity contribution in [3.8, 4) is 11.8 Å². The Balaban J connectivity index is 3.03. The summed E-state index contributed by atoms with van der Waals surface area (Å²) in [5.74, 6) is 0.616. The molecule has 1 aromatic carbocycles. The lowest BCUT2D eigenvalue weighted by atomic mass is 10.1. The van der Waals surface area contributed by atoms with E-state index in [2.05, 4.69) is 19.6 Å². The smallest absolute Gasteiger partial charge is 0.242 e. The number of nitrogens with zero attached hydrogens (tertiary/aromatic N) is 1. The fourth-order valence-electron chi connectivity index (χ4n) is 1.20. The Bertz CT molecular complexity index is 379. The highest BCUT2D eigenvalue weighted by atomic mass is 28.4. The van der Waals surface area contributed by atoms with E-state index in [0.29, 0.717) is 11.3 Å². The lowest BCUT2D eigenvalue weighted by molar-refractivity contribution is 0.233. The quantitative estimate of drug-likeness (QED) is 0.630. The van der Waals surface area contributed by atoms with Crippen LogP contribution in [-0.2, 0) is 0 Å². The predicted molar refractivity (Wildman–Crippen MR) is 61.0 cm³/mol. The lowest BCUT2D eigenvalue weighted by Crippen LogP contribution is -2.29. The largest absolute Gasteiger partial charge is 0.544 e. The number of benzene rings is 1. The number of hydrogen-bond donors (Lipinski definition) is 1. The van der Waals surface area contributed by atoms with E-state index in [9.17, 15) is 5.11 Å². The maximum Gasteiger partial charge on any atom is 0.242 e. The van der Waals surface area contributed by atoms with Crippen LogP contribution in [0.1, 0.15) is 11.7 Å². The maximum atomic E-state index is 9.48. The Morgan fingerprint density at radius 2 is 1.93 bits per heavy atom. The maximum absolute atomic E-state index is 9.48. The van der Waals surface area contributed by atoms with Crippen LogP contribution in [0.4, 0.5) is 0 Å². The van der Waals surface area contributed by atoms with Gasteiger partial charge in [-0.3, -0.25) is 0 Å². The molecule has 15 heavy (non-hydrogen) atoms. The lowest BCUT2D eigenvalue weighted by Gasteiger charge is -2.21. The number of nitriles is 1. The molecule has 1 rings (SSSR count). The molecule has 0 heterocycles. The second-order valence-corrected chi connectivity index (χ2v) is 8.71. The fourth-order valence-corrected chi connectivity index (χ4v) is 2.04. The first-order chi connectivity index (χ1) is 6.94. The molecular weight excluding hydrogens is 206 g/mol. The summed E-state index contributed by atoms with van der Waals surface area (Å²) in [6.07, 6.45) is -1.11. The zero-order valence-corrected chi connectivity index (χ0v) is 10.2. The van der Waals surface area contributed by atoms with Gasteiger partial charge in [0, 0.05) is 5.56 Å². The van der Waals surface area contributed by atoms with Gasteiger partial charge in [0.1, 0.15) is 5.75 Å². The van der Waals surface area contributed by atoms with Gasteiger partial charge in [-0.25, -0.2) is 0 Å². The molecule has 1 atom stereocenters. The van der Waals surface area contributed by atoms with Crippen molar-refractivity contribution in [2.45, 2.75) is 25.7 Å². The summed E-state index contributed by atoms with van der Waals surface area (Å²) in [4.78, 5) is 0. The average Bonchev–Trinajstić information content (AvgIpc) is 2.15. The molecule has 0 aliphatic rings. The van der Waals surface area contributed by atoms with Crippen molar-refractivity contribution in [3.05, 3.63) is 29.8 Å². The fraction of sp³-hybridized carbons (Fsp3) is 0.364. The summed E-state index contributed by atoms with van der Waals surface area (Å²) in [6.45, 7) is 6.17. The first-order valence-electron chi connectivity index (χ1n) is 4.79. The highest BCUT2D eigenvalue weighted by Crippen LogP contribution is 2.26.